The van der Waals surface area contributed by atoms with Crippen molar-refractivity contribution in [2.45, 2.75) is 31.0 Å². The number of aliphatic hydroxyl groups excluding tert-OH is 2. The minimum absolute atomic E-state index is 0.0613. The predicted octanol–water partition coefficient (Wildman–Crippen LogP) is 0.939. The van der Waals surface area contributed by atoms with Crippen molar-refractivity contribution in [3.63, 3.8) is 0 Å². The third-order valence-corrected chi connectivity index (χ3v) is 3.33. The molecule has 0 bridgehead atoms. The van der Waals surface area contributed by atoms with Gasteiger partial charge in [0.15, 0.2) is 0 Å². The van der Waals surface area contributed by atoms with Crippen LogP contribution in [0.25, 0.3) is 0 Å². The van der Waals surface area contributed by atoms with Gasteiger partial charge in [-0.05, 0) is 18.2 Å². The second kappa shape index (κ2) is 6.87. The molecule has 1 aliphatic rings. The van der Waals surface area contributed by atoms with Crippen LogP contribution in [-0.4, -0.2) is 47.5 Å². The number of aliphatic hydroxyl groups is 2. The quantitative estimate of drug-likeness (QED) is 0.603. The Morgan fingerprint density at radius 3 is 2.50 bits per heavy atom. The van der Waals surface area contributed by atoms with Crippen molar-refractivity contribution in [1.29, 1.82) is 0 Å². The molecule has 0 aromatic heterocycles. The number of hydrogen-bond donors (Lipinski definition) is 4. The summed E-state index contributed by atoms with van der Waals surface area (Å²) < 4.78 is 66.9. The molecule has 0 radical (unpaired) electrons. The summed E-state index contributed by atoms with van der Waals surface area (Å²) in [6, 6.07) is 0.819. The van der Waals surface area contributed by atoms with Crippen LogP contribution in [0.3, 0.4) is 0 Å². The van der Waals surface area contributed by atoms with Gasteiger partial charge in [-0.25, -0.2) is 0 Å². The largest absolute Gasteiger partial charge is 0.434 e. The standard InChI is InChI=1S/C13H13F5N2O4/c14-12(15)24-8-2-1-5(3-6(8)13(16,17)18)20-11(23)9-10(22)7(21)4-19-9/h1-3,7,9-10,12,19,21-22H,4H2,(H,20,23)/t7-,9-,10-/m1/s1. The van der Waals surface area contributed by atoms with Gasteiger partial charge in [0, 0.05) is 12.2 Å². The summed E-state index contributed by atoms with van der Waals surface area (Å²) in [4.78, 5) is 11.9. The molecule has 1 fully saturated rings. The lowest BCUT2D eigenvalue weighted by Crippen LogP contribution is -2.43. The van der Waals surface area contributed by atoms with Gasteiger partial charge in [0.25, 0.3) is 0 Å². The molecule has 24 heavy (non-hydrogen) atoms. The molecular weight excluding hydrogens is 343 g/mol. The van der Waals surface area contributed by atoms with E-state index >= 15 is 0 Å². The highest BCUT2D eigenvalue weighted by atomic mass is 19.4. The number of rotatable bonds is 4. The molecule has 0 aliphatic carbocycles. The lowest BCUT2D eigenvalue weighted by atomic mass is 10.1. The Bertz CT molecular complexity index is 611. The lowest BCUT2D eigenvalue weighted by molar-refractivity contribution is -0.141. The van der Waals surface area contributed by atoms with Gasteiger partial charge in [-0.3, -0.25) is 4.79 Å². The Kier molecular flexibility index (Phi) is 5.26. The monoisotopic (exact) mass is 356 g/mol. The fourth-order valence-corrected chi connectivity index (χ4v) is 2.21. The molecule has 11 heteroatoms. The van der Waals surface area contributed by atoms with Gasteiger partial charge in [-0.15, -0.1) is 0 Å². The van der Waals surface area contributed by atoms with E-state index in [2.05, 4.69) is 15.4 Å². The van der Waals surface area contributed by atoms with Gasteiger partial charge in [-0.2, -0.15) is 22.0 Å². The highest BCUT2D eigenvalue weighted by molar-refractivity contribution is 5.95. The lowest BCUT2D eigenvalue weighted by Gasteiger charge is -2.18. The number of nitrogens with one attached hydrogen (secondary N) is 2. The number of ether oxygens (including phenoxy) is 1. The highest BCUT2D eigenvalue weighted by Crippen LogP contribution is 2.38. The van der Waals surface area contributed by atoms with E-state index in [1.807, 2.05) is 0 Å². The third kappa shape index (κ3) is 4.10. The fourth-order valence-electron chi connectivity index (χ4n) is 2.21. The molecule has 1 saturated heterocycles. The van der Waals surface area contributed by atoms with E-state index in [-0.39, 0.29) is 12.2 Å². The van der Waals surface area contributed by atoms with Crippen LogP contribution >= 0.6 is 0 Å². The zero-order valence-corrected chi connectivity index (χ0v) is 11.8. The summed E-state index contributed by atoms with van der Waals surface area (Å²) in [5.41, 5.74) is -1.81. The first-order chi connectivity index (χ1) is 11.1. The highest BCUT2D eigenvalue weighted by Gasteiger charge is 2.39. The van der Waals surface area contributed by atoms with Crippen LogP contribution in [0.4, 0.5) is 27.6 Å². The number of halogens is 5. The molecule has 1 aromatic rings. The number of β-amino-alcohol motifs (C(OH)–C–C–N with tert-alkyl or cyclic N) is 1. The van der Waals surface area contributed by atoms with Crippen molar-refractivity contribution in [3.8, 4) is 5.75 Å². The Labute approximate surface area is 132 Å². The third-order valence-electron chi connectivity index (χ3n) is 3.33. The minimum Gasteiger partial charge on any atom is -0.434 e. The average molecular weight is 356 g/mol. The molecule has 1 heterocycles. The van der Waals surface area contributed by atoms with Crippen LogP contribution in [0.2, 0.25) is 0 Å². The number of amides is 1. The van der Waals surface area contributed by atoms with Gasteiger partial charge in [-0.1, -0.05) is 0 Å². The predicted molar refractivity (Wildman–Crippen MR) is 70.5 cm³/mol. The Balaban J connectivity index is 2.21. The van der Waals surface area contributed by atoms with Crippen molar-refractivity contribution in [1.82, 2.24) is 5.32 Å². The van der Waals surface area contributed by atoms with Crippen LogP contribution in [-0.2, 0) is 11.0 Å². The molecule has 2 rings (SSSR count). The van der Waals surface area contributed by atoms with Crippen LogP contribution < -0.4 is 15.4 Å². The fraction of sp³-hybridized carbons (Fsp3) is 0.462. The molecule has 4 N–H and O–H groups in total. The summed E-state index contributed by atoms with van der Waals surface area (Å²) in [6.07, 6.45) is -7.59. The summed E-state index contributed by atoms with van der Waals surface area (Å²) >= 11 is 0. The van der Waals surface area contributed by atoms with E-state index in [1.54, 1.807) is 0 Å². The van der Waals surface area contributed by atoms with Crippen molar-refractivity contribution < 1.29 is 41.7 Å². The van der Waals surface area contributed by atoms with E-state index < -0.39 is 48.3 Å². The van der Waals surface area contributed by atoms with Crippen molar-refractivity contribution in [2.75, 3.05) is 11.9 Å². The number of hydrogen-bond acceptors (Lipinski definition) is 5. The Morgan fingerprint density at radius 2 is 2.00 bits per heavy atom. The molecule has 1 aromatic carbocycles. The molecular formula is C13H13F5N2O4. The average Bonchev–Trinajstić information content (AvgIpc) is 2.79. The number of anilines is 1. The summed E-state index contributed by atoms with van der Waals surface area (Å²) in [5.74, 6) is -1.96. The second-order valence-electron chi connectivity index (χ2n) is 5.02. The summed E-state index contributed by atoms with van der Waals surface area (Å²) in [7, 11) is 0. The first kappa shape index (κ1) is 18.4. The van der Waals surface area contributed by atoms with E-state index in [4.69, 9.17) is 0 Å². The Hall–Kier alpha value is -1.98. The Morgan fingerprint density at radius 1 is 1.33 bits per heavy atom. The van der Waals surface area contributed by atoms with E-state index in [0.29, 0.717) is 12.1 Å². The topological polar surface area (TPSA) is 90.8 Å². The smallest absolute Gasteiger partial charge is 0.420 e. The maximum atomic E-state index is 12.9. The van der Waals surface area contributed by atoms with Crippen molar-refractivity contribution in [2.24, 2.45) is 0 Å². The molecule has 1 amide bonds. The van der Waals surface area contributed by atoms with Gasteiger partial charge in [0.2, 0.25) is 5.91 Å². The minimum atomic E-state index is -4.98. The van der Waals surface area contributed by atoms with Crippen molar-refractivity contribution >= 4 is 11.6 Å². The summed E-state index contributed by atoms with van der Waals surface area (Å²) in [5, 5.41) is 23.5. The van der Waals surface area contributed by atoms with Gasteiger partial charge in [0.05, 0.1) is 11.7 Å². The van der Waals surface area contributed by atoms with Crippen LogP contribution in [0.15, 0.2) is 18.2 Å². The number of carbonyl (C=O) groups is 1. The molecule has 3 atom stereocenters. The SMILES string of the molecule is O=C(Nc1ccc(OC(F)F)c(C(F)(F)F)c1)[C@@H]1NC[C@@H](O)[C@H]1O. The zero-order chi connectivity index (χ0) is 18.1. The van der Waals surface area contributed by atoms with E-state index in [9.17, 15) is 37.0 Å². The number of benzene rings is 1. The molecule has 134 valence electrons. The first-order valence-corrected chi connectivity index (χ1v) is 6.66. The molecule has 0 saturated carbocycles. The summed E-state index contributed by atoms with van der Waals surface area (Å²) in [6.45, 7) is -3.50. The van der Waals surface area contributed by atoms with Crippen LogP contribution in [0.5, 0.6) is 5.75 Å². The maximum Gasteiger partial charge on any atom is 0.420 e. The first-order valence-electron chi connectivity index (χ1n) is 6.66. The molecule has 0 unspecified atom stereocenters. The van der Waals surface area contributed by atoms with Gasteiger partial charge < -0.3 is 25.6 Å². The van der Waals surface area contributed by atoms with E-state index in [1.165, 1.54) is 0 Å². The van der Waals surface area contributed by atoms with Gasteiger partial charge >= 0.3 is 12.8 Å². The molecule has 0 spiro atoms. The van der Waals surface area contributed by atoms with Crippen LogP contribution in [0, 0.1) is 0 Å². The van der Waals surface area contributed by atoms with E-state index in [0.717, 1.165) is 6.07 Å². The molecule has 1 aliphatic heterocycles. The van der Waals surface area contributed by atoms with Gasteiger partial charge in [0.1, 0.15) is 17.9 Å². The molecule has 6 nitrogen and oxygen atoms in total. The maximum absolute atomic E-state index is 12.9. The second-order valence-corrected chi connectivity index (χ2v) is 5.02. The van der Waals surface area contributed by atoms with Crippen molar-refractivity contribution in [3.05, 3.63) is 23.8 Å². The van der Waals surface area contributed by atoms with Crippen LogP contribution in [0.1, 0.15) is 5.56 Å². The normalized spacial score (nSPS) is 24.2. The number of alkyl halides is 5. The zero-order valence-electron chi connectivity index (χ0n) is 11.8. The number of carbonyl (C=O) groups excluding carboxylic acids is 1.